The van der Waals surface area contributed by atoms with E-state index in [1.807, 2.05) is 26.8 Å². The Bertz CT molecular complexity index is 1110. The zero-order chi connectivity index (χ0) is 25.3. The fourth-order valence-corrected chi connectivity index (χ4v) is 5.04. The summed E-state index contributed by atoms with van der Waals surface area (Å²) in [5.41, 5.74) is 0.449. The fraction of sp³-hybridized carbons (Fsp3) is 0.560. The molecule has 3 amide bonds. The number of fused-ring (bicyclic) bond motifs is 4. The van der Waals surface area contributed by atoms with Crippen LogP contribution in [0.25, 0.3) is 0 Å². The lowest BCUT2D eigenvalue weighted by atomic mass is 10.00. The van der Waals surface area contributed by atoms with Crippen LogP contribution in [0.2, 0.25) is 0 Å². The number of carbonyl (C=O) groups is 2. The molecule has 0 aliphatic carbocycles. The molecule has 3 aliphatic heterocycles. The number of nitrogens with one attached hydrogen (secondary N) is 1. The number of amides is 3. The van der Waals surface area contributed by atoms with Crippen molar-refractivity contribution in [1.82, 2.24) is 19.9 Å². The van der Waals surface area contributed by atoms with Gasteiger partial charge >= 0.3 is 12.1 Å². The molecular formula is C25H34N8O3. The van der Waals surface area contributed by atoms with Crippen molar-refractivity contribution in [3.8, 4) is 0 Å². The highest BCUT2D eigenvalue weighted by molar-refractivity contribution is 6.04. The Morgan fingerprint density at radius 2 is 1.86 bits per heavy atom. The number of rotatable bonds is 2. The van der Waals surface area contributed by atoms with Crippen LogP contribution >= 0.6 is 0 Å². The second-order valence-corrected chi connectivity index (χ2v) is 10.5. The summed E-state index contributed by atoms with van der Waals surface area (Å²) < 4.78 is 5.57. The standard InChI is InChI=1S/C25H34N8O3/c1-25(2,3)36-24(35)31-13-5-12-30(14-15-31)21-8-7-19-22(29-21)33(18-6-4-11-32(19)16-18)23(34)28-20-9-10-26-17-27-20/h7-10,17-18H,4-6,11-16H2,1-3H3,(H,26,27,28,34)/t18-/m0/s1. The molecule has 0 unspecified atom stereocenters. The van der Waals surface area contributed by atoms with Crippen molar-refractivity contribution in [3.05, 3.63) is 30.7 Å². The highest BCUT2D eigenvalue weighted by Gasteiger charge is 2.39. The van der Waals surface area contributed by atoms with Crippen molar-refractivity contribution in [2.75, 3.05) is 59.3 Å². The van der Waals surface area contributed by atoms with E-state index in [-0.39, 0.29) is 18.2 Å². The van der Waals surface area contributed by atoms with Crippen LogP contribution in [0.4, 0.5) is 32.7 Å². The number of urea groups is 1. The van der Waals surface area contributed by atoms with Gasteiger partial charge in [-0.3, -0.25) is 10.2 Å². The number of pyridine rings is 1. The maximum Gasteiger partial charge on any atom is 0.410 e. The first kappa shape index (κ1) is 24.1. The second kappa shape index (κ2) is 9.79. The minimum atomic E-state index is -0.521. The van der Waals surface area contributed by atoms with Crippen LogP contribution in [0.1, 0.15) is 40.0 Å². The molecule has 5 heterocycles. The van der Waals surface area contributed by atoms with E-state index in [0.29, 0.717) is 31.3 Å². The molecule has 3 aliphatic rings. The first-order valence-corrected chi connectivity index (χ1v) is 12.6. The summed E-state index contributed by atoms with van der Waals surface area (Å²) >= 11 is 0. The molecule has 11 heteroatoms. The van der Waals surface area contributed by atoms with Crippen molar-refractivity contribution in [1.29, 1.82) is 0 Å². The van der Waals surface area contributed by atoms with Crippen LogP contribution in [-0.4, -0.2) is 82.9 Å². The van der Waals surface area contributed by atoms with Gasteiger partial charge in [-0.1, -0.05) is 0 Å². The Morgan fingerprint density at radius 3 is 2.64 bits per heavy atom. The molecule has 11 nitrogen and oxygen atoms in total. The highest BCUT2D eigenvalue weighted by atomic mass is 16.6. The molecule has 0 radical (unpaired) electrons. The van der Waals surface area contributed by atoms with Crippen molar-refractivity contribution >= 4 is 35.3 Å². The molecule has 1 atom stereocenters. The van der Waals surface area contributed by atoms with E-state index in [1.54, 1.807) is 22.1 Å². The Kier molecular flexibility index (Phi) is 6.55. The topological polar surface area (TPSA) is 107 Å². The summed E-state index contributed by atoms with van der Waals surface area (Å²) in [5, 5.41) is 2.91. The van der Waals surface area contributed by atoms with Crippen LogP contribution in [-0.2, 0) is 4.74 Å². The summed E-state index contributed by atoms with van der Waals surface area (Å²) in [6.07, 6.45) is 5.49. The molecule has 2 aromatic rings. The second-order valence-electron chi connectivity index (χ2n) is 10.5. The zero-order valence-corrected chi connectivity index (χ0v) is 21.2. The van der Waals surface area contributed by atoms with Gasteiger partial charge in [-0.15, -0.1) is 0 Å². The van der Waals surface area contributed by atoms with Crippen LogP contribution in [0.15, 0.2) is 30.7 Å². The van der Waals surface area contributed by atoms with Crippen LogP contribution in [0.3, 0.4) is 0 Å². The Morgan fingerprint density at radius 1 is 1.03 bits per heavy atom. The van der Waals surface area contributed by atoms with E-state index < -0.39 is 5.60 Å². The fourth-order valence-electron chi connectivity index (χ4n) is 5.04. The normalized spacial score (nSPS) is 19.9. The summed E-state index contributed by atoms with van der Waals surface area (Å²) in [6, 6.07) is 5.58. The third-order valence-corrected chi connectivity index (χ3v) is 6.68. The van der Waals surface area contributed by atoms with E-state index in [9.17, 15) is 9.59 Å². The molecule has 0 aromatic carbocycles. The lowest BCUT2D eigenvalue weighted by Gasteiger charge is -2.46. The van der Waals surface area contributed by atoms with Crippen LogP contribution in [0.5, 0.6) is 0 Å². The summed E-state index contributed by atoms with van der Waals surface area (Å²) in [7, 11) is 0. The van der Waals surface area contributed by atoms with E-state index in [2.05, 4.69) is 31.2 Å². The minimum Gasteiger partial charge on any atom is -0.444 e. The molecule has 36 heavy (non-hydrogen) atoms. The van der Waals surface area contributed by atoms with E-state index in [4.69, 9.17) is 9.72 Å². The van der Waals surface area contributed by atoms with Crippen molar-refractivity contribution in [2.24, 2.45) is 0 Å². The zero-order valence-electron chi connectivity index (χ0n) is 21.2. The van der Waals surface area contributed by atoms with Gasteiger partial charge in [0.2, 0.25) is 0 Å². The molecule has 2 aromatic heterocycles. The number of hydrogen-bond donors (Lipinski definition) is 1. The molecule has 2 bridgehead atoms. The number of aromatic nitrogens is 3. The summed E-state index contributed by atoms with van der Waals surface area (Å²) in [5.74, 6) is 1.93. The third kappa shape index (κ3) is 5.14. The molecule has 0 saturated carbocycles. The molecule has 2 saturated heterocycles. The van der Waals surface area contributed by atoms with E-state index in [0.717, 1.165) is 50.4 Å². The molecule has 2 fully saturated rings. The van der Waals surface area contributed by atoms with E-state index in [1.165, 1.54) is 6.33 Å². The summed E-state index contributed by atoms with van der Waals surface area (Å²) in [6.45, 7) is 10.00. The van der Waals surface area contributed by atoms with E-state index >= 15 is 0 Å². The minimum absolute atomic E-state index is 0.0441. The number of ether oxygens (including phenoxy) is 1. The van der Waals surface area contributed by atoms with Crippen LogP contribution < -0.4 is 20.0 Å². The lowest BCUT2D eigenvalue weighted by Crippen LogP contribution is -2.56. The number of piperidine rings is 1. The Hall–Kier alpha value is -3.63. The van der Waals surface area contributed by atoms with Gasteiger partial charge in [0.25, 0.3) is 0 Å². The van der Waals surface area contributed by atoms with Gasteiger partial charge in [0.05, 0.1) is 11.7 Å². The molecular weight excluding hydrogens is 460 g/mol. The average Bonchev–Trinajstić information content (AvgIpc) is 3.10. The maximum absolute atomic E-state index is 13.4. The van der Waals surface area contributed by atoms with Crippen molar-refractivity contribution in [3.63, 3.8) is 0 Å². The Balaban J connectivity index is 1.37. The smallest absolute Gasteiger partial charge is 0.410 e. The molecule has 5 rings (SSSR count). The number of anilines is 4. The van der Waals surface area contributed by atoms with Gasteiger partial charge in [0, 0.05) is 45.5 Å². The van der Waals surface area contributed by atoms with Gasteiger partial charge in [-0.05, 0) is 58.2 Å². The predicted octanol–water partition coefficient (Wildman–Crippen LogP) is 3.34. The third-order valence-electron chi connectivity index (χ3n) is 6.68. The summed E-state index contributed by atoms with van der Waals surface area (Å²) in [4.78, 5) is 47.2. The SMILES string of the molecule is CC(C)(C)OC(=O)N1CCCN(c2ccc3c(n2)N(C(=O)Nc2ccncn2)[C@H]2CCCN3C2)CC1. The monoisotopic (exact) mass is 494 g/mol. The lowest BCUT2D eigenvalue weighted by molar-refractivity contribution is 0.0263. The van der Waals surface area contributed by atoms with Crippen LogP contribution in [0, 0.1) is 0 Å². The predicted molar refractivity (Wildman–Crippen MR) is 138 cm³/mol. The van der Waals surface area contributed by atoms with Gasteiger partial charge in [0.1, 0.15) is 23.6 Å². The number of carbonyl (C=O) groups excluding carboxylic acids is 2. The first-order valence-electron chi connectivity index (χ1n) is 12.6. The molecule has 192 valence electrons. The van der Waals surface area contributed by atoms with Gasteiger partial charge in [-0.25, -0.2) is 24.5 Å². The highest BCUT2D eigenvalue weighted by Crippen LogP contribution is 2.39. The van der Waals surface area contributed by atoms with Gasteiger partial charge in [-0.2, -0.15) is 0 Å². The average molecular weight is 495 g/mol. The number of nitrogens with zero attached hydrogens (tertiary/aromatic N) is 7. The Labute approximate surface area is 211 Å². The quantitative estimate of drug-likeness (QED) is 0.678. The largest absolute Gasteiger partial charge is 0.444 e. The van der Waals surface area contributed by atoms with Crippen molar-refractivity contribution < 1.29 is 14.3 Å². The maximum atomic E-state index is 13.4. The number of hydrogen-bond acceptors (Lipinski definition) is 8. The first-order chi connectivity index (χ1) is 17.3. The molecule has 0 spiro atoms. The molecule has 1 N–H and O–H groups in total. The van der Waals surface area contributed by atoms with Gasteiger partial charge < -0.3 is 19.4 Å². The van der Waals surface area contributed by atoms with Crippen molar-refractivity contribution in [2.45, 2.75) is 51.7 Å². The van der Waals surface area contributed by atoms with Gasteiger partial charge in [0.15, 0.2) is 5.82 Å².